The van der Waals surface area contributed by atoms with Gasteiger partial charge in [-0.2, -0.15) is 18.3 Å². The summed E-state index contributed by atoms with van der Waals surface area (Å²) in [6.45, 7) is 1.41. The highest BCUT2D eigenvalue weighted by Crippen LogP contribution is 2.33. The van der Waals surface area contributed by atoms with Gasteiger partial charge in [-0.25, -0.2) is 4.79 Å². The summed E-state index contributed by atoms with van der Waals surface area (Å²) in [6, 6.07) is 0. The Hall–Kier alpha value is -1.37. The lowest BCUT2D eigenvalue weighted by atomic mass is 10.1. The van der Waals surface area contributed by atoms with Crippen molar-refractivity contribution in [2.75, 3.05) is 6.61 Å². The van der Waals surface area contributed by atoms with E-state index in [-0.39, 0.29) is 6.61 Å². The number of hydrogen-bond donors (Lipinski definition) is 0. The molecule has 0 fully saturated rings. The third-order valence-electron chi connectivity index (χ3n) is 1.59. The molecular weight excluding hydrogens is 249 g/mol. The van der Waals surface area contributed by atoms with Crippen LogP contribution >= 0.6 is 11.6 Å². The molecular formula is C8H6ClF3N2O2. The Balaban J connectivity index is 3.30. The molecule has 0 bridgehead atoms. The van der Waals surface area contributed by atoms with Crippen LogP contribution in [0.4, 0.5) is 13.2 Å². The molecule has 0 saturated carbocycles. The summed E-state index contributed by atoms with van der Waals surface area (Å²) in [5.41, 5.74) is -2.07. The first-order valence-electron chi connectivity index (χ1n) is 4.13. The van der Waals surface area contributed by atoms with Crippen LogP contribution < -0.4 is 0 Å². The van der Waals surface area contributed by atoms with Crippen molar-refractivity contribution in [2.45, 2.75) is 13.1 Å². The van der Waals surface area contributed by atoms with Gasteiger partial charge in [-0.05, 0) is 6.92 Å². The Morgan fingerprint density at radius 2 is 2.19 bits per heavy atom. The zero-order chi connectivity index (χ0) is 12.3. The summed E-state index contributed by atoms with van der Waals surface area (Å²) in [5, 5.41) is 5.58. The first-order valence-corrected chi connectivity index (χ1v) is 4.51. The molecule has 0 saturated heterocycles. The van der Waals surface area contributed by atoms with E-state index in [1.807, 2.05) is 0 Å². The van der Waals surface area contributed by atoms with E-state index in [0.717, 1.165) is 0 Å². The molecule has 1 aromatic heterocycles. The van der Waals surface area contributed by atoms with Gasteiger partial charge in [-0.1, -0.05) is 11.6 Å². The SMILES string of the molecule is CCOC(=O)c1c(C(F)(F)F)cnnc1Cl. The van der Waals surface area contributed by atoms with Crippen LogP contribution in [-0.2, 0) is 10.9 Å². The van der Waals surface area contributed by atoms with Gasteiger partial charge in [-0.15, -0.1) is 5.10 Å². The van der Waals surface area contributed by atoms with Crippen LogP contribution in [-0.4, -0.2) is 22.8 Å². The predicted molar refractivity (Wildman–Crippen MR) is 48.0 cm³/mol. The number of alkyl halides is 3. The van der Waals surface area contributed by atoms with Crippen molar-refractivity contribution < 1.29 is 22.7 Å². The molecule has 1 aromatic rings. The van der Waals surface area contributed by atoms with Gasteiger partial charge in [-0.3, -0.25) is 0 Å². The summed E-state index contributed by atoms with van der Waals surface area (Å²) in [5.74, 6) is -1.17. The lowest BCUT2D eigenvalue weighted by molar-refractivity contribution is -0.138. The van der Waals surface area contributed by atoms with E-state index in [0.29, 0.717) is 6.20 Å². The van der Waals surface area contributed by atoms with E-state index in [4.69, 9.17) is 11.6 Å². The number of rotatable bonds is 2. The highest BCUT2D eigenvalue weighted by molar-refractivity contribution is 6.32. The molecule has 1 heterocycles. The van der Waals surface area contributed by atoms with Gasteiger partial charge in [0.2, 0.25) is 0 Å². The number of nitrogens with zero attached hydrogens (tertiary/aromatic N) is 2. The number of esters is 1. The molecule has 0 spiro atoms. The van der Waals surface area contributed by atoms with Gasteiger partial charge in [0.25, 0.3) is 0 Å². The van der Waals surface area contributed by atoms with Crippen molar-refractivity contribution in [1.82, 2.24) is 10.2 Å². The second kappa shape index (κ2) is 4.65. The van der Waals surface area contributed by atoms with Crippen molar-refractivity contribution in [3.8, 4) is 0 Å². The molecule has 0 amide bonds. The smallest absolute Gasteiger partial charge is 0.418 e. The van der Waals surface area contributed by atoms with Crippen LogP contribution in [0.15, 0.2) is 6.20 Å². The number of carbonyl (C=O) groups excluding carboxylic acids is 1. The van der Waals surface area contributed by atoms with Gasteiger partial charge in [0.15, 0.2) is 5.15 Å². The third-order valence-corrected chi connectivity index (χ3v) is 1.86. The lowest BCUT2D eigenvalue weighted by Crippen LogP contribution is -2.17. The van der Waals surface area contributed by atoms with Crippen molar-refractivity contribution >= 4 is 17.6 Å². The van der Waals surface area contributed by atoms with E-state index in [1.54, 1.807) is 0 Å². The summed E-state index contributed by atoms with van der Waals surface area (Å²) >= 11 is 5.39. The summed E-state index contributed by atoms with van der Waals surface area (Å²) < 4.78 is 41.9. The molecule has 4 nitrogen and oxygen atoms in total. The Labute approximate surface area is 93.4 Å². The van der Waals surface area contributed by atoms with E-state index < -0.39 is 28.4 Å². The Bertz CT molecular complexity index is 409. The van der Waals surface area contributed by atoms with Gasteiger partial charge < -0.3 is 4.74 Å². The minimum absolute atomic E-state index is 0.0607. The van der Waals surface area contributed by atoms with Gasteiger partial charge in [0.1, 0.15) is 5.56 Å². The zero-order valence-corrected chi connectivity index (χ0v) is 8.76. The Kier molecular flexibility index (Phi) is 3.69. The quantitative estimate of drug-likeness (QED) is 0.760. The third kappa shape index (κ3) is 2.60. The molecule has 16 heavy (non-hydrogen) atoms. The Morgan fingerprint density at radius 1 is 1.56 bits per heavy atom. The van der Waals surface area contributed by atoms with Crippen LogP contribution in [0, 0.1) is 0 Å². The molecule has 0 aliphatic heterocycles. The standard InChI is InChI=1S/C8H6ClF3N2O2/c1-2-16-7(15)5-4(8(10,11)12)3-13-14-6(5)9/h3H,2H2,1H3. The highest BCUT2D eigenvalue weighted by atomic mass is 35.5. The Morgan fingerprint density at radius 3 is 2.69 bits per heavy atom. The van der Waals surface area contributed by atoms with E-state index in [2.05, 4.69) is 14.9 Å². The molecule has 8 heteroatoms. The molecule has 88 valence electrons. The second-order valence-electron chi connectivity index (χ2n) is 2.64. The van der Waals surface area contributed by atoms with Crippen molar-refractivity contribution in [1.29, 1.82) is 0 Å². The van der Waals surface area contributed by atoms with E-state index in [1.165, 1.54) is 6.92 Å². The summed E-state index contributed by atoms with van der Waals surface area (Å²) in [4.78, 5) is 11.3. The minimum Gasteiger partial charge on any atom is -0.462 e. The molecule has 0 atom stereocenters. The number of aromatic nitrogens is 2. The fraction of sp³-hybridized carbons (Fsp3) is 0.375. The monoisotopic (exact) mass is 254 g/mol. The molecule has 0 unspecified atom stereocenters. The van der Waals surface area contributed by atoms with Crippen LogP contribution in [0.3, 0.4) is 0 Å². The van der Waals surface area contributed by atoms with Crippen molar-refractivity contribution in [3.63, 3.8) is 0 Å². The minimum atomic E-state index is -4.73. The number of halogens is 4. The van der Waals surface area contributed by atoms with E-state index >= 15 is 0 Å². The maximum atomic E-state index is 12.5. The average molecular weight is 255 g/mol. The highest BCUT2D eigenvalue weighted by Gasteiger charge is 2.38. The van der Waals surface area contributed by atoms with Gasteiger partial charge in [0, 0.05) is 0 Å². The maximum absolute atomic E-state index is 12.5. The first kappa shape index (κ1) is 12.7. The van der Waals surface area contributed by atoms with Gasteiger partial charge in [0.05, 0.1) is 18.4 Å². The normalized spacial score (nSPS) is 11.3. The fourth-order valence-electron chi connectivity index (χ4n) is 0.975. The van der Waals surface area contributed by atoms with Crippen molar-refractivity contribution in [3.05, 3.63) is 22.5 Å². The number of carbonyl (C=O) groups is 1. The topological polar surface area (TPSA) is 52.1 Å². The maximum Gasteiger partial charge on any atom is 0.418 e. The summed E-state index contributed by atoms with van der Waals surface area (Å²) in [7, 11) is 0. The first-order chi connectivity index (χ1) is 7.38. The molecule has 0 radical (unpaired) electrons. The van der Waals surface area contributed by atoms with Crippen LogP contribution in [0.5, 0.6) is 0 Å². The number of hydrogen-bond acceptors (Lipinski definition) is 4. The molecule has 0 aliphatic rings. The molecule has 0 aromatic carbocycles. The van der Waals surface area contributed by atoms with Crippen LogP contribution in [0.2, 0.25) is 5.15 Å². The zero-order valence-electron chi connectivity index (χ0n) is 8.01. The second-order valence-corrected chi connectivity index (χ2v) is 3.00. The summed E-state index contributed by atoms with van der Waals surface area (Å²) in [6.07, 6.45) is -4.31. The van der Waals surface area contributed by atoms with Crippen LogP contribution in [0.1, 0.15) is 22.8 Å². The molecule has 0 aliphatic carbocycles. The fourth-order valence-corrected chi connectivity index (χ4v) is 1.20. The van der Waals surface area contributed by atoms with Crippen LogP contribution in [0.25, 0.3) is 0 Å². The predicted octanol–water partition coefficient (Wildman–Crippen LogP) is 2.33. The van der Waals surface area contributed by atoms with E-state index in [9.17, 15) is 18.0 Å². The average Bonchev–Trinajstić information content (AvgIpc) is 2.16. The lowest BCUT2D eigenvalue weighted by Gasteiger charge is -2.11. The molecule has 0 N–H and O–H groups in total. The molecule has 1 rings (SSSR count). The van der Waals surface area contributed by atoms with Gasteiger partial charge >= 0.3 is 12.1 Å². The van der Waals surface area contributed by atoms with Crippen molar-refractivity contribution in [2.24, 2.45) is 0 Å². The largest absolute Gasteiger partial charge is 0.462 e. The number of ether oxygens (including phenoxy) is 1.